The molecule has 0 fully saturated rings. The molecule has 0 amide bonds. The van der Waals surface area contributed by atoms with Gasteiger partial charge in [-0.15, -0.1) is 5.10 Å². The Kier molecular flexibility index (Phi) is 5.90. The van der Waals surface area contributed by atoms with Crippen molar-refractivity contribution >= 4 is 15.9 Å². The zero-order valence-electron chi connectivity index (χ0n) is 12.3. The van der Waals surface area contributed by atoms with Crippen LogP contribution >= 0.6 is 0 Å². The van der Waals surface area contributed by atoms with Gasteiger partial charge in [-0.25, -0.2) is 8.42 Å². The molecular weight excluding hydrogens is 284 g/mol. The lowest BCUT2D eigenvalue weighted by Gasteiger charge is -2.21. The highest BCUT2D eigenvalue weighted by atomic mass is 32.2. The van der Waals surface area contributed by atoms with Crippen molar-refractivity contribution in [3.05, 3.63) is 5.89 Å². The Morgan fingerprint density at radius 2 is 2.05 bits per heavy atom. The fourth-order valence-corrected chi connectivity index (χ4v) is 1.52. The first-order valence-electron chi connectivity index (χ1n) is 6.22. The van der Waals surface area contributed by atoms with E-state index in [0.29, 0.717) is 25.6 Å². The molecule has 20 heavy (non-hydrogen) atoms. The van der Waals surface area contributed by atoms with Crippen molar-refractivity contribution in [2.75, 3.05) is 38.4 Å². The summed E-state index contributed by atoms with van der Waals surface area (Å²) in [6, 6.07) is 0.213. The lowest BCUT2D eigenvalue weighted by molar-refractivity contribution is 0.198. The molecule has 0 aliphatic carbocycles. The first-order chi connectivity index (χ1) is 9.26. The molecule has 8 nitrogen and oxygen atoms in total. The standard InChI is InChI=1S/C11H22N4O4S/c1-11(2,20(4,16)17)8-13-10-15-14-9(19-10)7-12-5-6-18-3/h12H,5-8H2,1-4H3,(H,13,15). The van der Waals surface area contributed by atoms with E-state index < -0.39 is 14.6 Å². The zero-order chi connectivity index (χ0) is 15.2. The number of hydrogen-bond donors (Lipinski definition) is 2. The number of hydrogen-bond acceptors (Lipinski definition) is 8. The van der Waals surface area contributed by atoms with Crippen LogP contribution in [0, 0.1) is 0 Å². The van der Waals surface area contributed by atoms with Gasteiger partial charge in [0.05, 0.1) is 17.9 Å². The number of nitrogens with zero attached hydrogens (tertiary/aromatic N) is 2. The zero-order valence-corrected chi connectivity index (χ0v) is 13.1. The predicted molar refractivity (Wildman–Crippen MR) is 75.3 cm³/mol. The van der Waals surface area contributed by atoms with E-state index in [4.69, 9.17) is 9.15 Å². The molecule has 9 heteroatoms. The van der Waals surface area contributed by atoms with Crippen LogP contribution < -0.4 is 10.6 Å². The number of nitrogens with one attached hydrogen (secondary N) is 2. The van der Waals surface area contributed by atoms with E-state index in [2.05, 4.69) is 20.8 Å². The van der Waals surface area contributed by atoms with Crippen molar-refractivity contribution in [1.29, 1.82) is 0 Å². The van der Waals surface area contributed by atoms with Gasteiger partial charge in [0.1, 0.15) is 0 Å². The normalized spacial score (nSPS) is 12.6. The molecule has 0 unspecified atom stereocenters. The number of ether oxygens (including phenoxy) is 1. The molecule has 0 aromatic carbocycles. The average molecular weight is 306 g/mol. The highest BCUT2D eigenvalue weighted by molar-refractivity contribution is 7.92. The van der Waals surface area contributed by atoms with Crippen LogP contribution in [-0.4, -0.2) is 56.4 Å². The van der Waals surface area contributed by atoms with Gasteiger partial charge < -0.3 is 19.8 Å². The van der Waals surface area contributed by atoms with Gasteiger partial charge in [-0.3, -0.25) is 0 Å². The van der Waals surface area contributed by atoms with E-state index in [1.54, 1.807) is 21.0 Å². The second kappa shape index (κ2) is 7.00. The largest absolute Gasteiger partial charge is 0.407 e. The average Bonchev–Trinajstić information content (AvgIpc) is 2.79. The molecule has 116 valence electrons. The number of rotatable bonds is 9. The molecule has 0 saturated heterocycles. The minimum absolute atomic E-state index is 0.199. The highest BCUT2D eigenvalue weighted by Gasteiger charge is 2.30. The Balaban J connectivity index is 2.45. The molecule has 0 saturated carbocycles. The Morgan fingerprint density at radius 1 is 1.35 bits per heavy atom. The van der Waals surface area contributed by atoms with Crippen molar-refractivity contribution in [2.24, 2.45) is 0 Å². The van der Waals surface area contributed by atoms with Gasteiger partial charge in [0.25, 0.3) is 0 Å². The second-order valence-corrected chi connectivity index (χ2v) is 7.71. The lowest BCUT2D eigenvalue weighted by atomic mass is 10.2. The fourth-order valence-electron chi connectivity index (χ4n) is 1.19. The summed E-state index contributed by atoms with van der Waals surface area (Å²) in [6.45, 7) is 5.19. The summed E-state index contributed by atoms with van der Waals surface area (Å²) in [5.41, 5.74) is 0. The Hall–Kier alpha value is -1.19. The summed E-state index contributed by atoms with van der Waals surface area (Å²) in [4.78, 5) is 0. The third-order valence-electron chi connectivity index (χ3n) is 2.90. The molecule has 2 N–H and O–H groups in total. The number of anilines is 1. The fraction of sp³-hybridized carbons (Fsp3) is 0.818. The molecule has 0 spiro atoms. The molecular formula is C11H22N4O4S. The summed E-state index contributed by atoms with van der Waals surface area (Å²) in [7, 11) is -1.54. The predicted octanol–water partition coefficient (Wildman–Crippen LogP) is 0.0407. The van der Waals surface area contributed by atoms with E-state index in [1.807, 2.05) is 0 Å². The highest BCUT2D eigenvalue weighted by Crippen LogP contribution is 2.16. The van der Waals surface area contributed by atoms with Crippen LogP contribution in [0.15, 0.2) is 4.42 Å². The van der Waals surface area contributed by atoms with Gasteiger partial charge in [-0.1, -0.05) is 5.10 Å². The van der Waals surface area contributed by atoms with Crippen molar-refractivity contribution in [3.8, 4) is 0 Å². The maximum absolute atomic E-state index is 11.6. The van der Waals surface area contributed by atoms with Gasteiger partial charge in [-0.05, 0) is 13.8 Å². The number of aromatic nitrogens is 2. The van der Waals surface area contributed by atoms with Crippen LogP contribution in [0.5, 0.6) is 0 Å². The van der Waals surface area contributed by atoms with Gasteiger partial charge in [0.15, 0.2) is 9.84 Å². The van der Waals surface area contributed by atoms with Gasteiger partial charge in [-0.2, -0.15) is 0 Å². The third-order valence-corrected chi connectivity index (χ3v) is 5.05. The van der Waals surface area contributed by atoms with E-state index >= 15 is 0 Å². The molecule has 1 heterocycles. The van der Waals surface area contributed by atoms with Crippen molar-refractivity contribution in [1.82, 2.24) is 15.5 Å². The maximum atomic E-state index is 11.6. The topological polar surface area (TPSA) is 106 Å². The van der Waals surface area contributed by atoms with Crippen LogP contribution in [0.3, 0.4) is 0 Å². The summed E-state index contributed by atoms with van der Waals surface area (Å²) in [5, 5.41) is 13.6. The summed E-state index contributed by atoms with van der Waals surface area (Å²) < 4.78 is 32.4. The minimum Gasteiger partial charge on any atom is -0.407 e. The van der Waals surface area contributed by atoms with Gasteiger partial charge >= 0.3 is 6.01 Å². The molecule has 0 radical (unpaired) electrons. The summed E-state index contributed by atoms with van der Waals surface area (Å²) in [6.07, 6.45) is 1.20. The van der Waals surface area contributed by atoms with Crippen LogP contribution in [-0.2, 0) is 21.1 Å². The molecule has 1 rings (SSSR count). The van der Waals surface area contributed by atoms with E-state index in [-0.39, 0.29) is 12.6 Å². The lowest BCUT2D eigenvalue weighted by Crippen LogP contribution is -2.38. The van der Waals surface area contributed by atoms with Crippen molar-refractivity contribution in [3.63, 3.8) is 0 Å². The van der Waals surface area contributed by atoms with Gasteiger partial charge in [0.2, 0.25) is 5.89 Å². The Morgan fingerprint density at radius 3 is 2.65 bits per heavy atom. The van der Waals surface area contributed by atoms with Crippen molar-refractivity contribution < 1.29 is 17.6 Å². The minimum atomic E-state index is -3.16. The SMILES string of the molecule is COCCNCc1nnc(NCC(C)(C)S(C)(=O)=O)o1. The van der Waals surface area contributed by atoms with E-state index in [1.165, 1.54) is 6.26 Å². The molecule has 1 aromatic heterocycles. The molecule has 1 aromatic rings. The summed E-state index contributed by atoms with van der Waals surface area (Å²) in [5.74, 6) is 0.431. The second-order valence-electron chi connectivity index (χ2n) is 5.06. The first-order valence-corrected chi connectivity index (χ1v) is 8.11. The maximum Gasteiger partial charge on any atom is 0.315 e. The third kappa shape index (κ3) is 5.06. The molecule has 0 bridgehead atoms. The Labute approximate surface area is 119 Å². The van der Waals surface area contributed by atoms with E-state index in [0.717, 1.165) is 0 Å². The molecule has 0 atom stereocenters. The van der Waals surface area contributed by atoms with Crippen molar-refractivity contribution in [2.45, 2.75) is 25.1 Å². The summed E-state index contributed by atoms with van der Waals surface area (Å²) >= 11 is 0. The number of sulfone groups is 1. The quantitative estimate of drug-likeness (QED) is 0.616. The smallest absolute Gasteiger partial charge is 0.315 e. The first kappa shape index (κ1) is 16.9. The van der Waals surface area contributed by atoms with E-state index in [9.17, 15) is 8.42 Å². The molecule has 0 aliphatic heterocycles. The monoisotopic (exact) mass is 306 g/mol. The van der Waals surface area contributed by atoms with Crippen LogP contribution in [0.2, 0.25) is 0 Å². The molecule has 0 aliphatic rings. The number of methoxy groups -OCH3 is 1. The van der Waals surface area contributed by atoms with Crippen LogP contribution in [0.25, 0.3) is 0 Å². The van der Waals surface area contributed by atoms with Crippen LogP contribution in [0.4, 0.5) is 6.01 Å². The van der Waals surface area contributed by atoms with Gasteiger partial charge in [0, 0.05) is 26.5 Å². The van der Waals surface area contributed by atoms with Crippen LogP contribution in [0.1, 0.15) is 19.7 Å². The Bertz CT molecular complexity index is 512.